The zero-order chi connectivity index (χ0) is 15.0. The fourth-order valence-electron chi connectivity index (χ4n) is 1.78. The van der Waals surface area contributed by atoms with Gasteiger partial charge in [-0.25, -0.2) is 9.97 Å². The average Bonchev–Trinajstić information content (AvgIpc) is 2.39. The fourth-order valence-corrected chi connectivity index (χ4v) is 1.78. The Bertz CT molecular complexity index is 407. The van der Waals surface area contributed by atoms with Crippen LogP contribution in [0, 0.1) is 19.8 Å². The van der Waals surface area contributed by atoms with Gasteiger partial charge < -0.3 is 15.4 Å². The van der Waals surface area contributed by atoms with Crippen LogP contribution in [0.5, 0.6) is 0 Å². The van der Waals surface area contributed by atoms with Crippen molar-refractivity contribution in [3.05, 3.63) is 11.4 Å². The average molecular weight is 280 g/mol. The second-order valence-electron chi connectivity index (χ2n) is 5.42. The number of nitrogens with zero attached hydrogens (tertiary/aromatic N) is 2. The van der Waals surface area contributed by atoms with E-state index in [2.05, 4.69) is 41.4 Å². The first-order valence-corrected chi connectivity index (χ1v) is 7.45. The maximum Gasteiger partial charge on any atom is 0.134 e. The molecule has 0 radical (unpaired) electrons. The third-order valence-electron chi connectivity index (χ3n) is 2.79. The lowest BCUT2D eigenvalue weighted by molar-refractivity contribution is 0.118. The van der Waals surface area contributed by atoms with Crippen LogP contribution in [0.25, 0.3) is 0 Å². The van der Waals surface area contributed by atoms with E-state index in [1.54, 1.807) is 0 Å². The highest BCUT2D eigenvalue weighted by atomic mass is 16.5. The van der Waals surface area contributed by atoms with Gasteiger partial charge in [-0.2, -0.15) is 0 Å². The Morgan fingerprint density at radius 1 is 1.05 bits per heavy atom. The number of anilines is 2. The summed E-state index contributed by atoms with van der Waals surface area (Å²) in [7, 11) is 0. The molecule has 0 amide bonds. The molecule has 114 valence electrons. The van der Waals surface area contributed by atoms with E-state index in [9.17, 15) is 0 Å². The van der Waals surface area contributed by atoms with Gasteiger partial charge in [0, 0.05) is 25.3 Å². The number of ether oxygens (including phenoxy) is 1. The molecule has 0 saturated carbocycles. The van der Waals surface area contributed by atoms with Gasteiger partial charge in [-0.05, 0) is 26.2 Å². The van der Waals surface area contributed by atoms with Crippen molar-refractivity contribution in [2.45, 2.75) is 41.0 Å². The lowest BCUT2D eigenvalue weighted by Gasteiger charge is -2.14. The molecule has 1 aromatic heterocycles. The van der Waals surface area contributed by atoms with Gasteiger partial charge in [0.1, 0.15) is 17.5 Å². The first-order valence-electron chi connectivity index (χ1n) is 7.45. The molecule has 0 bridgehead atoms. The molecule has 1 heterocycles. The molecule has 0 aromatic carbocycles. The topological polar surface area (TPSA) is 59.1 Å². The van der Waals surface area contributed by atoms with E-state index >= 15 is 0 Å². The molecular weight excluding hydrogens is 252 g/mol. The van der Waals surface area contributed by atoms with E-state index in [-0.39, 0.29) is 0 Å². The van der Waals surface area contributed by atoms with Crippen molar-refractivity contribution in [3.8, 4) is 0 Å². The van der Waals surface area contributed by atoms with Gasteiger partial charge >= 0.3 is 0 Å². The fraction of sp³-hybridized carbons (Fsp3) is 0.733. The highest BCUT2D eigenvalue weighted by molar-refractivity contribution is 5.57. The zero-order valence-corrected chi connectivity index (χ0v) is 13.4. The minimum Gasteiger partial charge on any atom is -0.379 e. The van der Waals surface area contributed by atoms with Gasteiger partial charge in [-0.3, -0.25) is 0 Å². The number of hydrogen-bond donors (Lipinski definition) is 2. The minimum atomic E-state index is 0.572. The first-order chi connectivity index (χ1) is 9.54. The summed E-state index contributed by atoms with van der Waals surface area (Å²) >= 11 is 0. The summed E-state index contributed by atoms with van der Waals surface area (Å²) in [5, 5.41) is 6.67. The molecule has 0 unspecified atom stereocenters. The van der Waals surface area contributed by atoms with Gasteiger partial charge in [0.25, 0.3) is 0 Å². The maximum atomic E-state index is 5.56. The Morgan fingerprint density at radius 3 is 2.20 bits per heavy atom. The quantitative estimate of drug-likeness (QED) is 0.681. The third-order valence-corrected chi connectivity index (χ3v) is 2.79. The third kappa shape index (κ3) is 5.74. The zero-order valence-electron chi connectivity index (χ0n) is 13.4. The largest absolute Gasteiger partial charge is 0.379 e. The van der Waals surface area contributed by atoms with E-state index in [4.69, 9.17) is 4.74 Å². The van der Waals surface area contributed by atoms with E-state index in [1.807, 2.05) is 13.8 Å². The van der Waals surface area contributed by atoms with E-state index in [0.717, 1.165) is 49.1 Å². The van der Waals surface area contributed by atoms with Crippen LogP contribution >= 0.6 is 0 Å². The highest BCUT2D eigenvalue weighted by Crippen LogP contribution is 2.19. The van der Waals surface area contributed by atoms with E-state index in [0.29, 0.717) is 12.5 Å². The predicted octanol–water partition coefficient (Wildman–Crippen LogP) is 3.00. The van der Waals surface area contributed by atoms with E-state index in [1.165, 1.54) is 0 Å². The minimum absolute atomic E-state index is 0.572. The SMILES string of the molecule is CCCNc1nc(C)nc(NCCOCC(C)C)c1C. The van der Waals surface area contributed by atoms with Crippen molar-refractivity contribution in [3.63, 3.8) is 0 Å². The van der Waals surface area contributed by atoms with Crippen LogP contribution in [-0.2, 0) is 4.74 Å². The second kappa shape index (κ2) is 8.74. The molecule has 0 saturated heterocycles. The normalized spacial score (nSPS) is 10.9. The molecular formula is C15H28N4O. The molecule has 0 aliphatic heterocycles. The Balaban J connectivity index is 2.54. The first kappa shape index (κ1) is 16.7. The maximum absolute atomic E-state index is 5.56. The molecule has 5 heteroatoms. The van der Waals surface area contributed by atoms with Crippen LogP contribution in [-0.4, -0.2) is 36.3 Å². The number of aryl methyl sites for hydroxylation is 1. The number of rotatable bonds is 9. The summed E-state index contributed by atoms with van der Waals surface area (Å²) in [6.07, 6.45) is 1.08. The van der Waals surface area contributed by atoms with Crippen molar-refractivity contribution in [1.82, 2.24) is 9.97 Å². The summed E-state index contributed by atoms with van der Waals surface area (Å²) in [6.45, 7) is 13.6. The van der Waals surface area contributed by atoms with Crippen LogP contribution < -0.4 is 10.6 Å². The van der Waals surface area contributed by atoms with Crippen molar-refractivity contribution in [2.75, 3.05) is 36.9 Å². The van der Waals surface area contributed by atoms with Crippen LogP contribution in [0.2, 0.25) is 0 Å². The van der Waals surface area contributed by atoms with Gasteiger partial charge in [0.2, 0.25) is 0 Å². The molecule has 20 heavy (non-hydrogen) atoms. The van der Waals surface area contributed by atoms with Crippen molar-refractivity contribution in [2.24, 2.45) is 5.92 Å². The molecule has 0 fully saturated rings. The van der Waals surface area contributed by atoms with Gasteiger partial charge in [-0.15, -0.1) is 0 Å². The van der Waals surface area contributed by atoms with Crippen LogP contribution in [0.15, 0.2) is 0 Å². The molecule has 0 spiro atoms. The molecule has 1 aromatic rings. The second-order valence-corrected chi connectivity index (χ2v) is 5.42. The number of hydrogen-bond acceptors (Lipinski definition) is 5. The standard InChI is InChI=1S/C15H28N4O/c1-6-7-16-14-12(4)15(19-13(5)18-14)17-8-9-20-10-11(2)3/h11H,6-10H2,1-5H3,(H2,16,17,18,19). The van der Waals surface area contributed by atoms with Crippen LogP contribution in [0.1, 0.15) is 38.6 Å². The monoisotopic (exact) mass is 280 g/mol. The molecule has 5 nitrogen and oxygen atoms in total. The smallest absolute Gasteiger partial charge is 0.134 e. The lowest BCUT2D eigenvalue weighted by Crippen LogP contribution is -2.15. The molecule has 0 aliphatic carbocycles. The van der Waals surface area contributed by atoms with Crippen molar-refractivity contribution >= 4 is 11.6 Å². The summed E-state index contributed by atoms with van der Waals surface area (Å²) in [5.74, 6) is 3.16. The highest BCUT2D eigenvalue weighted by Gasteiger charge is 2.08. The Kier molecular flexibility index (Phi) is 7.30. The van der Waals surface area contributed by atoms with Crippen molar-refractivity contribution in [1.29, 1.82) is 0 Å². The summed E-state index contributed by atoms with van der Waals surface area (Å²) < 4.78 is 5.56. The van der Waals surface area contributed by atoms with Crippen LogP contribution in [0.3, 0.4) is 0 Å². The lowest BCUT2D eigenvalue weighted by atomic mass is 10.2. The van der Waals surface area contributed by atoms with Gasteiger partial charge in [0.05, 0.1) is 6.61 Å². The van der Waals surface area contributed by atoms with Crippen LogP contribution in [0.4, 0.5) is 11.6 Å². The predicted molar refractivity (Wildman–Crippen MR) is 84.4 cm³/mol. The molecule has 1 rings (SSSR count). The molecule has 2 N–H and O–H groups in total. The molecule has 0 aliphatic rings. The number of aromatic nitrogens is 2. The number of nitrogens with one attached hydrogen (secondary N) is 2. The summed E-state index contributed by atoms with van der Waals surface area (Å²) in [5.41, 5.74) is 1.06. The molecule has 0 atom stereocenters. The Morgan fingerprint density at radius 2 is 1.65 bits per heavy atom. The van der Waals surface area contributed by atoms with Gasteiger partial charge in [-0.1, -0.05) is 20.8 Å². The Labute approximate surface area is 122 Å². The van der Waals surface area contributed by atoms with E-state index < -0.39 is 0 Å². The Hall–Kier alpha value is -1.36. The summed E-state index contributed by atoms with van der Waals surface area (Å²) in [4.78, 5) is 8.90. The van der Waals surface area contributed by atoms with Crippen molar-refractivity contribution < 1.29 is 4.74 Å². The summed E-state index contributed by atoms with van der Waals surface area (Å²) in [6, 6.07) is 0. The van der Waals surface area contributed by atoms with Gasteiger partial charge in [0.15, 0.2) is 0 Å².